The minimum absolute atomic E-state index is 0.0386. The van der Waals surface area contributed by atoms with E-state index in [0.29, 0.717) is 0 Å². The Morgan fingerprint density at radius 2 is 1.70 bits per heavy atom. The normalized spacial score (nSPS) is 11.9. The van der Waals surface area contributed by atoms with Gasteiger partial charge in [-0.25, -0.2) is 9.59 Å². The average Bonchev–Trinajstić information content (AvgIpc) is 2.60. The van der Waals surface area contributed by atoms with Gasteiger partial charge in [-0.15, -0.1) is 0 Å². The average molecular weight is 325 g/mol. The number of nitrogens with zero attached hydrogens (tertiary/aromatic N) is 1. The van der Waals surface area contributed by atoms with Gasteiger partial charge >= 0.3 is 12.1 Å². The van der Waals surface area contributed by atoms with Gasteiger partial charge in [0.1, 0.15) is 12.6 Å². The fraction of sp³-hybridized carbons (Fsp3) is 0.500. The second-order valence-electron chi connectivity index (χ2n) is 4.79. The van der Waals surface area contributed by atoms with Crippen molar-refractivity contribution in [3.05, 3.63) is 35.9 Å². The van der Waals surface area contributed by atoms with E-state index in [9.17, 15) is 9.59 Å². The van der Waals surface area contributed by atoms with Crippen LogP contribution in [0.25, 0.3) is 0 Å². The molecule has 0 saturated carbocycles. The molecule has 0 aromatic heterocycles. The van der Waals surface area contributed by atoms with E-state index in [4.69, 9.17) is 14.2 Å². The van der Waals surface area contributed by atoms with Crippen molar-refractivity contribution in [1.29, 1.82) is 0 Å². The molecule has 7 nitrogen and oxygen atoms in total. The number of carbonyl (C=O) groups is 2. The first kappa shape index (κ1) is 18.9. The lowest BCUT2D eigenvalue weighted by Gasteiger charge is -2.29. The summed E-state index contributed by atoms with van der Waals surface area (Å²) in [5, 5.41) is 0. The summed E-state index contributed by atoms with van der Waals surface area (Å²) in [6.07, 6.45) is -1.32. The van der Waals surface area contributed by atoms with Crippen molar-refractivity contribution in [3.63, 3.8) is 0 Å². The van der Waals surface area contributed by atoms with E-state index in [2.05, 4.69) is 4.74 Å². The number of ether oxygens (including phenoxy) is 4. The molecule has 0 fully saturated rings. The molecule has 7 heteroatoms. The Labute approximate surface area is 136 Å². The van der Waals surface area contributed by atoms with Crippen LogP contribution in [-0.4, -0.2) is 57.2 Å². The van der Waals surface area contributed by atoms with E-state index in [1.165, 1.54) is 26.2 Å². The molecule has 1 atom stereocenters. The monoisotopic (exact) mass is 325 g/mol. The van der Waals surface area contributed by atoms with Gasteiger partial charge in [0.15, 0.2) is 6.29 Å². The summed E-state index contributed by atoms with van der Waals surface area (Å²) in [7, 11) is 4.16. The summed E-state index contributed by atoms with van der Waals surface area (Å²) in [5.74, 6) is -0.549. The molecule has 23 heavy (non-hydrogen) atoms. The lowest BCUT2D eigenvalue weighted by Crippen LogP contribution is -2.48. The summed E-state index contributed by atoms with van der Waals surface area (Å²) in [4.78, 5) is 25.3. The van der Waals surface area contributed by atoms with E-state index in [0.717, 1.165) is 5.56 Å². The van der Waals surface area contributed by atoms with Gasteiger partial charge in [0.25, 0.3) is 0 Å². The second kappa shape index (κ2) is 9.81. The first-order chi connectivity index (χ1) is 11.0. The lowest BCUT2D eigenvalue weighted by atomic mass is 10.2. The smallest absolute Gasteiger partial charge is 0.411 e. The fourth-order valence-electron chi connectivity index (χ4n) is 1.90. The van der Waals surface area contributed by atoms with Crippen molar-refractivity contribution in [3.8, 4) is 0 Å². The first-order valence-corrected chi connectivity index (χ1v) is 7.14. The number of methoxy groups -OCH3 is 3. The summed E-state index contributed by atoms with van der Waals surface area (Å²) in [5.41, 5.74) is 0.849. The third-order valence-electron chi connectivity index (χ3n) is 3.32. The van der Waals surface area contributed by atoms with Gasteiger partial charge in [-0.3, -0.25) is 4.90 Å². The van der Waals surface area contributed by atoms with Gasteiger partial charge in [0.2, 0.25) is 0 Å². The van der Waals surface area contributed by atoms with E-state index in [1.807, 2.05) is 30.3 Å². The maximum absolute atomic E-state index is 12.3. The Morgan fingerprint density at radius 3 is 2.22 bits per heavy atom. The van der Waals surface area contributed by atoms with E-state index >= 15 is 0 Å². The highest BCUT2D eigenvalue weighted by molar-refractivity contribution is 5.81. The van der Waals surface area contributed by atoms with Gasteiger partial charge < -0.3 is 18.9 Å². The number of esters is 1. The number of hydrogen-bond donors (Lipinski definition) is 0. The lowest BCUT2D eigenvalue weighted by molar-refractivity contribution is -0.150. The topological polar surface area (TPSA) is 74.3 Å². The standard InChI is InChI=1S/C16H23NO6/c1-12(15(18)22-4)17(10-14(20-2)21-3)16(19)23-11-13-8-6-5-7-9-13/h5-9,12,14H,10-11H2,1-4H3/t12-/m0/s1. The summed E-state index contributed by atoms with van der Waals surface area (Å²) < 4.78 is 20.1. The molecule has 0 radical (unpaired) electrons. The Bertz CT molecular complexity index is 489. The van der Waals surface area contributed by atoms with Crippen LogP contribution in [0.5, 0.6) is 0 Å². The molecule has 0 aliphatic carbocycles. The molecule has 0 heterocycles. The van der Waals surface area contributed by atoms with Crippen molar-refractivity contribution >= 4 is 12.1 Å². The number of rotatable bonds is 8. The Balaban J connectivity index is 2.76. The van der Waals surface area contributed by atoms with Crippen molar-refractivity contribution in [1.82, 2.24) is 4.90 Å². The summed E-state index contributed by atoms with van der Waals surface area (Å²) in [6, 6.07) is 8.44. The van der Waals surface area contributed by atoms with Gasteiger partial charge in [-0.2, -0.15) is 0 Å². The van der Waals surface area contributed by atoms with Crippen LogP contribution in [-0.2, 0) is 30.3 Å². The predicted octanol–water partition coefficient (Wildman–Crippen LogP) is 1.81. The molecular weight excluding hydrogens is 302 g/mol. The molecule has 0 aliphatic heterocycles. The van der Waals surface area contributed by atoms with Crippen molar-refractivity contribution in [2.45, 2.75) is 25.9 Å². The second-order valence-corrected chi connectivity index (χ2v) is 4.79. The maximum atomic E-state index is 12.3. The predicted molar refractivity (Wildman–Crippen MR) is 82.6 cm³/mol. The molecule has 1 aromatic carbocycles. The Morgan fingerprint density at radius 1 is 1.09 bits per heavy atom. The number of hydrogen-bond acceptors (Lipinski definition) is 6. The molecule has 1 amide bonds. The van der Waals surface area contributed by atoms with Crippen LogP contribution < -0.4 is 0 Å². The quantitative estimate of drug-likeness (QED) is 0.536. The molecule has 0 saturated heterocycles. The van der Waals surface area contributed by atoms with Gasteiger partial charge in [0.05, 0.1) is 13.7 Å². The molecular formula is C16H23NO6. The molecule has 1 rings (SSSR count). The van der Waals surface area contributed by atoms with Crippen LogP contribution in [0.4, 0.5) is 4.79 Å². The van der Waals surface area contributed by atoms with Crippen LogP contribution in [0.2, 0.25) is 0 Å². The summed E-state index contributed by atoms with van der Waals surface area (Å²) in [6.45, 7) is 1.70. The SMILES string of the molecule is COC(=O)[C@H](C)N(CC(OC)OC)C(=O)OCc1ccccc1. The van der Waals surface area contributed by atoms with Crippen LogP contribution in [0.1, 0.15) is 12.5 Å². The van der Waals surface area contributed by atoms with Crippen LogP contribution >= 0.6 is 0 Å². The summed E-state index contributed by atoms with van der Waals surface area (Å²) >= 11 is 0. The molecule has 0 aliphatic rings. The zero-order valence-electron chi connectivity index (χ0n) is 13.9. The van der Waals surface area contributed by atoms with Gasteiger partial charge in [0, 0.05) is 14.2 Å². The van der Waals surface area contributed by atoms with Crippen LogP contribution in [0.15, 0.2) is 30.3 Å². The number of carbonyl (C=O) groups excluding carboxylic acids is 2. The first-order valence-electron chi connectivity index (χ1n) is 7.14. The minimum Gasteiger partial charge on any atom is -0.467 e. The largest absolute Gasteiger partial charge is 0.467 e. The molecule has 0 bridgehead atoms. The highest BCUT2D eigenvalue weighted by Gasteiger charge is 2.30. The highest BCUT2D eigenvalue weighted by atomic mass is 16.7. The number of amides is 1. The highest BCUT2D eigenvalue weighted by Crippen LogP contribution is 2.10. The van der Waals surface area contributed by atoms with Crippen LogP contribution in [0.3, 0.4) is 0 Å². The zero-order valence-corrected chi connectivity index (χ0v) is 13.9. The van der Waals surface area contributed by atoms with Crippen molar-refractivity contribution in [2.75, 3.05) is 27.9 Å². The van der Waals surface area contributed by atoms with Crippen molar-refractivity contribution in [2.24, 2.45) is 0 Å². The molecule has 0 unspecified atom stereocenters. The number of benzene rings is 1. The van der Waals surface area contributed by atoms with E-state index < -0.39 is 24.4 Å². The maximum Gasteiger partial charge on any atom is 0.411 e. The zero-order chi connectivity index (χ0) is 17.2. The van der Waals surface area contributed by atoms with Gasteiger partial charge in [-0.05, 0) is 12.5 Å². The van der Waals surface area contributed by atoms with Crippen LogP contribution in [0, 0.1) is 0 Å². The third-order valence-corrected chi connectivity index (χ3v) is 3.32. The minimum atomic E-state index is -0.823. The van der Waals surface area contributed by atoms with Crippen molar-refractivity contribution < 1.29 is 28.5 Å². The molecule has 128 valence electrons. The fourth-order valence-corrected chi connectivity index (χ4v) is 1.90. The third kappa shape index (κ3) is 5.88. The van der Waals surface area contributed by atoms with E-state index in [1.54, 1.807) is 6.92 Å². The van der Waals surface area contributed by atoms with E-state index in [-0.39, 0.29) is 13.2 Å². The molecule has 1 aromatic rings. The Kier molecular flexibility index (Phi) is 8.07. The van der Waals surface area contributed by atoms with Gasteiger partial charge in [-0.1, -0.05) is 30.3 Å². The molecule has 0 spiro atoms. The molecule has 0 N–H and O–H groups in total. The Hall–Kier alpha value is -2.12.